The molecule has 0 aliphatic rings. The first-order valence-corrected chi connectivity index (χ1v) is 13.4. The Labute approximate surface area is 232 Å². The van der Waals surface area contributed by atoms with Crippen molar-refractivity contribution in [3.05, 3.63) is 42.5 Å². The zero-order valence-electron chi connectivity index (χ0n) is 23.1. The van der Waals surface area contributed by atoms with Gasteiger partial charge in [-0.3, -0.25) is 4.79 Å². The van der Waals surface area contributed by atoms with Gasteiger partial charge in [0.2, 0.25) is 0 Å². The Morgan fingerprint density at radius 1 is 0.462 bits per heavy atom. The van der Waals surface area contributed by atoms with E-state index < -0.39 is 0 Å². The van der Waals surface area contributed by atoms with Gasteiger partial charge in [-0.05, 0) is 24.3 Å². The molecule has 1 rings (SSSR count). The number of hydrogen-bond donors (Lipinski definition) is 0. The summed E-state index contributed by atoms with van der Waals surface area (Å²) < 4.78 is 54.2. The first-order valence-electron chi connectivity index (χ1n) is 13.4. The highest BCUT2D eigenvalue weighted by Gasteiger charge is 1.97. The van der Waals surface area contributed by atoms with Gasteiger partial charge in [0.1, 0.15) is 18.6 Å². The molecule has 0 N–H and O–H groups in total. The maximum atomic E-state index is 10.6. The highest BCUT2D eigenvalue weighted by atomic mass is 16.6. The van der Waals surface area contributed by atoms with Crippen LogP contribution in [-0.4, -0.2) is 132 Å². The Balaban J connectivity index is 1.66. The van der Waals surface area contributed by atoms with E-state index in [1.807, 2.05) is 0 Å². The van der Waals surface area contributed by atoms with Crippen molar-refractivity contribution in [1.82, 2.24) is 0 Å². The van der Waals surface area contributed by atoms with Crippen LogP contribution in [0.2, 0.25) is 0 Å². The average Bonchev–Trinajstić information content (AvgIpc) is 2.96. The second kappa shape index (κ2) is 29.1. The highest BCUT2D eigenvalue weighted by molar-refractivity contribution is 5.74. The van der Waals surface area contributed by atoms with Crippen molar-refractivity contribution in [2.24, 2.45) is 0 Å². The van der Waals surface area contributed by atoms with Crippen LogP contribution in [-0.2, 0) is 42.6 Å². The van der Waals surface area contributed by atoms with Crippen LogP contribution < -0.4 is 4.74 Å². The third-order valence-corrected chi connectivity index (χ3v) is 4.72. The summed E-state index contributed by atoms with van der Waals surface area (Å²) in [7, 11) is 0. The minimum Gasteiger partial charge on any atom is -0.491 e. The number of carbonyl (C=O) groups excluding carboxylic acids is 1. The number of benzene rings is 1. The summed E-state index contributed by atoms with van der Waals surface area (Å²) in [6.07, 6.45) is 2.51. The molecule has 0 amide bonds. The molecule has 11 heteroatoms. The molecule has 0 heterocycles. The smallest absolute Gasteiger partial charge is 0.150 e. The van der Waals surface area contributed by atoms with Crippen molar-refractivity contribution in [2.75, 3.05) is 126 Å². The molecule has 0 fully saturated rings. The lowest BCUT2D eigenvalue weighted by molar-refractivity contribution is -0.0250. The fourth-order valence-corrected chi connectivity index (χ4v) is 2.79. The lowest BCUT2D eigenvalue weighted by Crippen LogP contribution is -2.15. The predicted molar refractivity (Wildman–Crippen MR) is 145 cm³/mol. The summed E-state index contributed by atoms with van der Waals surface area (Å²) in [5.41, 5.74) is 0.620. The van der Waals surface area contributed by atoms with Crippen molar-refractivity contribution in [1.29, 1.82) is 0 Å². The second-order valence-corrected chi connectivity index (χ2v) is 7.80. The summed E-state index contributed by atoms with van der Waals surface area (Å²) in [6.45, 7) is 13.2. The largest absolute Gasteiger partial charge is 0.491 e. The minimum atomic E-state index is 0.434. The van der Waals surface area contributed by atoms with E-state index in [4.69, 9.17) is 47.4 Å². The van der Waals surface area contributed by atoms with E-state index in [0.717, 1.165) is 6.29 Å². The van der Waals surface area contributed by atoms with Crippen LogP contribution in [0.15, 0.2) is 36.9 Å². The maximum Gasteiger partial charge on any atom is 0.150 e. The number of carbonyl (C=O) groups is 1. The quantitative estimate of drug-likeness (QED) is 0.0760. The summed E-state index contributed by atoms with van der Waals surface area (Å²) in [5.74, 6) is 0.706. The van der Waals surface area contributed by atoms with Crippen LogP contribution in [0.3, 0.4) is 0 Å². The van der Waals surface area contributed by atoms with Gasteiger partial charge in [0.15, 0.2) is 0 Å². The molecular weight excluding hydrogens is 512 g/mol. The van der Waals surface area contributed by atoms with E-state index >= 15 is 0 Å². The number of rotatable bonds is 31. The minimum absolute atomic E-state index is 0.434. The van der Waals surface area contributed by atoms with Crippen molar-refractivity contribution < 1.29 is 52.2 Å². The second-order valence-electron chi connectivity index (χ2n) is 7.80. The maximum absolute atomic E-state index is 10.6. The fraction of sp³-hybridized carbons (Fsp3) is 0.679. The molecule has 224 valence electrons. The normalized spacial score (nSPS) is 11.1. The van der Waals surface area contributed by atoms with Crippen LogP contribution in [0.25, 0.3) is 0 Å². The molecule has 0 saturated carbocycles. The Kier molecular flexibility index (Phi) is 26.2. The van der Waals surface area contributed by atoms with E-state index in [0.29, 0.717) is 137 Å². The number of ether oxygens (including phenoxy) is 10. The van der Waals surface area contributed by atoms with E-state index in [9.17, 15) is 4.79 Å². The standard InChI is InChI=1S/C28H46O11/c1-2-7-30-8-9-31-10-11-32-12-13-33-14-15-34-16-17-35-18-19-36-20-21-37-22-23-38-24-25-39-28-5-3-27(26-29)4-6-28/h2-6,26H,1,7-25H2. The predicted octanol–water partition coefficient (Wildman–Crippen LogP) is 2.21. The van der Waals surface area contributed by atoms with Crippen LogP contribution in [0.1, 0.15) is 10.4 Å². The monoisotopic (exact) mass is 558 g/mol. The van der Waals surface area contributed by atoms with Crippen molar-refractivity contribution in [3.63, 3.8) is 0 Å². The molecule has 11 nitrogen and oxygen atoms in total. The Hall–Kier alpha value is -1.93. The number of aldehydes is 1. The molecule has 0 radical (unpaired) electrons. The van der Waals surface area contributed by atoms with E-state index in [1.165, 1.54) is 0 Å². The SMILES string of the molecule is C=CCOCCOCCOCCOCCOCCOCCOCCOCCOCCOc1ccc(C=O)cc1. The van der Waals surface area contributed by atoms with E-state index in [1.54, 1.807) is 30.3 Å². The molecule has 0 aromatic heterocycles. The first-order chi connectivity index (χ1) is 19.4. The van der Waals surface area contributed by atoms with Crippen LogP contribution in [0.4, 0.5) is 0 Å². The fourth-order valence-electron chi connectivity index (χ4n) is 2.79. The summed E-state index contributed by atoms with van der Waals surface area (Å²) in [5, 5.41) is 0. The van der Waals surface area contributed by atoms with Crippen LogP contribution >= 0.6 is 0 Å². The Bertz CT molecular complexity index is 657. The van der Waals surface area contributed by atoms with Crippen molar-refractivity contribution in [2.45, 2.75) is 0 Å². The Morgan fingerprint density at radius 3 is 1.08 bits per heavy atom. The third-order valence-electron chi connectivity index (χ3n) is 4.72. The molecule has 39 heavy (non-hydrogen) atoms. The molecule has 0 unspecified atom stereocenters. The average molecular weight is 559 g/mol. The molecule has 1 aromatic carbocycles. The van der Waals surface area contributed by atoms with Gasteiger partial charge in [0.25, 0.3) is 0 Å². The van der Waals surface area contributed by atoms with Crippen LogP contribution in [0, 0.1) is 0 Å². The molecule has 0 bridgehead atoms. The van der Waals surface area contributed by atoms with Gasteiger partial charge in [0.05, 0.1) is 119 Å². The topological polar surface area (TPSA) is 109 Å². The summed E-state index contributed by atoms with van der Waals surface area (Å²) in [6, 6.07) is 6.93. The third kappa shape index (κ3) is 24.8. The molecule has 0 saturated heterocycles. The molecule has 0 spiro atoms. The van der Waals surface area contributed by atoms with Crippen molar-refractivity contribution in [3.8, 4) is 5.75 Å². The van der Waals surface area contributed by atoms with Gasteiger partial charge >= 0.3 is 0 Å². The summed E-state index contributed by atoms with van der Waals surface area (Å²) >= 11 is 0. The van der Waals surface area contributed by atoms with Gasteiger partial charge in [0, 0.05) is 5.56 Å². The van der Waals surface area contributed by atoms with Gasteiger partial charge in [-0.15, -0.1) is 6.58 Å². The lowest BCUT2D eigenvalue weighted by atomic mass is 10.2. The highest BCUT2D eigenvalue weighted by Crippen LogP contribution is 2.10. The molecule has 0 atom stereocenters. The first kappa shape index (κ1) is 35.1. The van der Waals surface area contributed by atoms with Gasteiger partial charge in [-0.1, -0.05) is 6.08 Å². The number of hydrogen-bond acceptors (Lipinski definition) is 11. The van der Waals surface area contributed by atoms with Gasteiger partial charge in [-0.25, -0.2) is 0 Å². The van der Waals surface area contributed by atoms with Crippen molar-refractivity contribution >= 4 is 6.29 Å². The zero-order chi connectivity index (χ0) is 27.9. The molecule has 0 aliphatic carbocycles. The van der Waals surface area contributed by atoms with E-state index in [2.05, 4.69) is 6.58 Å². The molecule has 0 aliphatic heterocycles. The van der Waals surface area contributed by atoms with Gasteiger partial charge in [-0.2, -0.15) is 0 Å². The molecular formula is C28H46O11. The lowest BCUT2D eigenvalue weighted by Gasteiger charge is -2.09. The summed E-state index contributed by atoms with van der Waals surface area (Å²) in [4.78, 5) is 10.6. The zero-order valence-corrected chi connectivity index (χ0v) is 23.1. The van der Waals surface area contributed by atoms with E-state index in [-0.39, 0.29) is 0 Å². The molecule has 1 aromatic rings. The van der Waals surface area contributed by atoms with Crippen LogP contribution in [0.5, 0.6) is 5.75 Å². The Morgan fingerprint density at radius 2 is 0.769 bits per heavy atom. The van der Waals surface area contributed by atoms with Gasteiger partial charge < -0.3 is 47.4 Å².